The van der Waals surface area contributed by atoms with Crippen molar-refractivity contribution in [2.24, 2.45) is 0 Å². The summed E-state index contributed by atoms with van der Waals surface area (Å²) in [5.41, 5.74) is 7.47. The Morgan fingerprint density at radius 1 is 1.47 bits per heavy atom. The molecule has 0 saturated heterocycles. The van der Waals surface area contributed by atoms with Gasteiger partial charge in [-0.25, -0.2) is 4.79 Å². The number of rotatable bonds is 4. The molecule has 2 rings (SSSR count). The summed E-state index contributed by atoms with van der Waals surface area (Å²) >= 11 is 0. The van der Waals surface area contributed by atoms with Crippen molar-refractivity contribution < 1.29 is 9.15 Å². The molecule has 0 saturated carbocycles. The minimum absolute atomic E-state index is 0.152. The van der Waals surface area contributed by atoms with E-state index < -0.39 is 0 Å². The van der Waals surface area contributed by atoms with E-state index in [1.165, 1.54) is 0 Å². The Hall–Kier alpha value is -1.75. The van der Waals surface area contributed by atoms with Crippen molar-refractivity contribution in [3.8, 4) is 0 Å². The molecule has 0 bridgehead atoms. The van der Waals surface area contributed by atoms with Crippen LogP contribution < -0.4 is 11.5 Å². The lowest BCUT2D eigenvalue weighted by Crippen LogP contribution is -2.18. The van der Waals surface area contributed by atoms with E-state index >= 15 is 0 Å². The van der Waals surface area contributed by atoms with Gasteiger partial charge in [-0.05, 0) is 26.0 Å². The summed E-state index contributed by atoms with van der Waals surface area (Å²) in [5, 5.41) is 0. The van der Waals surface area contributed by atoms with Gasteiger partial charge in [-0.2, -0.15) is 0 Å². The molecule has 0 atom stereocenters. The quantitative estimate of drug-likeness (QED) is 0.818. The monoisotopic (exact) mass is 236 g/mol. The minimum Gasteiger partial charge on any atom is -0.408 e. The summed E-state index contributed by atoms with van der Waals surface area (Å²) in [4.78, 5) is 11.6. The number of hydrogen-bond donors (Lipinski definition) is 1. The van der Waals surface area contributed by atoms with E-state index in [-0.39, 0.29) is 11.9 Å². The number of aromatic nitrogens is 1. The maximum absolute atomic E-state index is 11.6. The van der Waals surface area contributed by atoms with Crippen LogP contribution in [-0.2, 0) is 11.3 Å². The summed E-state index contributed by atoms with van der Waals surface area (Å²) in [6.45, 7) is 4.87. The summed E-state index contributed by atoms with van der Waals surface area (Å²) < 4.78 is 12.1. The van der Waals surface area contributed by atoms with Gasteiger partial charge in [0.2, 0.25) is 0 Å². The molecule has 0 unspecified atom stereocenters. The molecule has 0 amide bonds. The number of nitrogens with zero attached hydrogens (tertiary/aromatic N) is 1. The Labute approximate surface area is 98.8 Å². The van der Waals surface area contributed by atoms with Gasteiger partial charge in [0.05, 0.1) is 24.8 Å². The van der Waals surface area contributed by atoms with E-state index in [1.54, 1.807) is 22.8 Å². The summed E-state index contributed by atoms with van der Waals surface area (Å²) in [6.07, 6.45) is 0.152. The number of nitrogen functional groups attached to an aromatic ring is 1. The molecule has 5 nitrogen and oxygen atoms in total. The van der Waals surface area contributed by atoms with Gasteiger partial charge in [0.15, 0.2) is 5.58 Å². The van der Waals surface area contributed by atoms with Crippen molar-refractivity contribution in [1.29, 1.82) is 0 Å². The van der Waals surface area contributed by atoms with Crippen LogP contribution in [0.4, 0.5) is 5.69 Å². The van der Waals surface area contributed by atoms with Gasteiger partial charge in [0.25, 0.3) is 0 Å². The van der Waals surface area contributed by atoms with Gasteiger partial charge in [0, 0.05) is 11.8 Å². The van der Waals surface area contributed by atoms with E-state index in [2.05, 4.69) is 0 Å². The number of ether oxygens (including phenoxy) is 1. The average molecular weight is 236 g/mol. The van der Waals surface area contributed by atoms with Crippen LogP contribution in [0.15, 0.2) is 27.4 Å². The number of benzene rings is 1. The second-order valence-electron chi connectivity index (χ2n) is 4.17. The highest BCUT2D eigenvalue weighted by Crippen LogP contribution is 2.16. The highest BCUT2D eigenvalue weighted by Gasteiger charge is 2.09. The fraction of sp³-hybridized carbons (Fsp3) is 0.417. The average Bonchev–Trinajstić information content (AvgIpc) is 2.54. The van der Waals surface area contributed by atoms with Crippen molar-refractivity contribution in [2.75, 3.05) is 12.3 Å². The topological polar surface area (TPSA) is 70.4 Å². The van der Waals surface area contributed by atoms with E-state index in [0.717, 1.165) is 5.52 Å². The molecule has 5 heteroatoms. The summed E-state index contributed by atoms with van der Waals surface area (Å²) in [5.74, 6) is -0.377. The molecular weight excluding hydrogens is 220 g/mol. The Bertz CT molecular complexity index is 569. The molecule has 92 valence electrons. The van der Waals surface area contributed by atoms with Crippen molar-refractivity contribution >= 4 is 16.8 Å². The number of nitrogens with two attached hydrogens (primary N) is 1. The third-order valence-corrected chi connectivity index (χ3v) is 2.46. The molecular formula is C12H16N2O3. The Kier molecular flexibility index (Phi) is 3.19. The Balaban J connectivity index is 2.27. The molecule has 0 aliphatic heterocycles. The van der Waals surface area contributed by atoms with E-state index in [0.29, 0.717) is 24.4 Å². The zero-order valence-corrected chi connectivity index (χ0v) is 9.97. The number of oxazole rings is 1. The zero-order chi connectivity index (χ0) is 12.4. The largest absolute Gasteiger partial charge is 0.420 e. The molecule has 1 aromatic heterocycles. The van der Waals surface area contributed by atoms with E-state index in [9.17, 15) is 4.79 Å². The SMILES string of the molecule is CC(C)OCCn1c(=O)oc2cc(N)ccc21. The van der Waals surface area contributed by atoms with Crippen LogP contribution in [0.3, 0.4) is 0 Å². The van der Waals surface area contributed by atoms with Crippen LogP contribution in [0.2, 0.25) is 0 Å². The van der Waals surface area contributed by atoms with Crippen LogP contribution in [0.1, 0.15) is 13.8 Å². The van der Waals surface area contributed by atoms with Crippen molar-refractivity contribution in [3.05, 3.63) is 28.7 Å². The Morgan fingerprint density at radius 2 is 2.24 bits per heavy atom. The molecule has 0 spiro atoms. The lowest BCUT2D eigenvalue weighted by atomic mass is 10.3. The van der Waals surface area contributed by atoms with Crippen LogP contribution in [0, 0.1) is 0 Å². The predicted octanol–water partition coefficient (Wildman–Crippen LogP) is 1.60. The second-order valence-corrected chi connectivity index (χ2v) is 4.17. The molecule has 1 heterocycles. The first kappa shape index (κ1) is 11.7. The van der Waals surface area contributed by atoms with Crippen LogP contribution >= 0.6 is 0 Å². The molecule has 0 aliphatic carbocycles. The first-order valence-corrected chi connectivity index (χ1v) is 5.58. The number of fused-ring (bicyclic) bond motifs is 1. The third-order valence-electron chi connectivity index (χ3n) is 2.46. The molecule has 2 N–H and O–H groups in total. The summed E-state index contributed by atoms with van der Waals surface area (Å²) in [7, 11) is 0. The smallest absolute Gasteiger partial charge is 0.408 e. The van der Waals surface area contributed by atoms with Crippen molar-refractivity contribution in [3.63, 3.8) is 0 Å². The summed E-state index contributed by atoms with van der Waals surface area (Å²) in [6, 6.07) is 5.18. The van der Waals surface area contributed by atoms with Gasteiger partial charge in [0.1, 0.15) is 0 Å². The van der Waals surface area contributed by atoms with Gasteiger partial charge in [-0.15, -0.1) is 0 Å². The molecule has 0 radical (unpaired) electrons. The van der Waals surface area contributed by atoms with Gasteiger partial charge < -0.3 is 14.9 Å². The van der Waals surface area contributed by atoms with E-state index in [4.69, 9.17) is 14.9 Å². The second kappa shape index (κ2) is 4.63. The number of anilines is 1. The standard InChI is InChI=1S/C12H16N2O3/c1-8(2)16-6-5-14-10-4-3-9(13)7-11(10)17-12(14)15/h3-4,7-8H,5-6,13H2,1-2H3. The molecule has 0 fully saturated rings. The highest BCUT2D eigenvalue weighted by molar-refractivity contribution is 5.76. The lowest BCUT2D eigenvalue weighted by molar-refractivity contribution is 0.0723. The first-order chi connectivity index (χ1) is 8.08. The number of hydrogen-bond acceptors (Lipinski definition) is 4. The fourth-order valence-electron chi connectivity index (χ4n) is 1.67. The third kappa shape index (κ3) is 2.50. The van der Waals surface area contributed by atoms with Crippen LogP contribution in [0.25, 0.3) is 11.1 Å². The van der Waals surface area contributed by atoms with Gasteiger partial charge in [-0.3, -0.25) is 4.57 Å². The first-order valence-electron chi connectivity index (χ1n) is 5.58. The van der Waals surface area contributed by atoms with Gasteiger partial charge >= 0.3 is 5.76 Å². The zero-order valence-electron chi connectivity index (χ0n) is 9.97. The maximum atomic E-state index is 11.6. The van der Waals surface area contributed by atoms with Crippen molar-refractivity contribution in [1.82, 2.24) is 4.57 Å². The highest BCUT2D eigenvalue weighted by atomic mass is 16.5. The van der Waals surface area contributed by atoms with E-state index in [1.807, 2.05) is 13.8 Å². The molecule has 0 aliphatic rings. The maximum Gasteiger partial charge on any atom is 0.420 e. The van der Waals surface area contributed by atoms with Crippen LogP contribution in [0.5, 0.6) is 0 Å². The fourth-order valence-corrected chi connectivity index (χ4v) is 1.67. The molecule has 1 aromatic carbocycles. The Morgan fingerprint density at radius 3 is 2.94 bits per heavy atom. The normalized spacial score (nSPS) is 11.5. The van der Waals surface area contributed by atoms with Crippen molar-refractivity contribution in [2.45, 2.75) is 26.5 Å². The minimum atomic E-state index is -0.377. The molecule has 2 aromatic rings. The predicted molar refractivity (Wildman–Crippen MR) is 66.0 cm³/mol. The lowest BCUT2D eigenvalue weighted by Gasteiger charge is -2.07. The van der Waals surface area contributed by atoms with Gasteiger partial charge in [-0.1, -0.05) is 0 Å². The van der Waals surface area contributed by atoms with Crippen LogP contribution in [-0.4, -0.2) is 17.3 Å². The molecule has 17 heavy (non-hydrogen) atoms.